The molecule has 2 heterocycles. The van der Waals surface area contributed by atoms with E-state index in [-0.39, 0.29) is 18.5 Å². The van der Waals surface area contributed by atoms with Crippen molar-refractivity contribution >= 4 is 11.7 Å². The number of benzene rings is 2. The van der Waals surface area contributed by atoms with Gasteiger partial charge in [-0.05, 0) is 37.3 Å². The number of rotatable bonds is 4. The number of hydrogen-bond donors (Lipinski definition) is 0. The van der Waals surface area contributed by atoms with Gasteiger partial charge < -0.3 is 14.4 Å². The Morgan fingerprint density at radius 1 is 0.926 bits per heavy atom. The first-order valence-corrected chi connectivity index (χ1v) is 9.11. The monoisotopic (exact) mass is 366 g/mol. The lowest BCUT2D eigenvalue weighted by atomic mass is 10.1. The van der Waals surface area contributed by atoms with E-state index in [4.69, 9.17) is 9.47 Å². The van der Waals surface area contributed by atoms with E-state index < -0.39 is 0 Å². The van der Waals surface area contributed by atoms with Crippen LogP contribution < -0.4 is 9.47 Å². The van der Waals surface area contributed by atoms with Crippen LogP contribution in [0.4, 0.5) is 0 Å². The fourth-order valence-corrected chi connectivity index (χ4v) is 3.43. The fourth-order valence-electron chi connectivity index (χ4n) is 3.43. The molecular weight excluding hydrogens is 344 g/mol. The molecule has 1 amide bonds. The number of carbonyl (C=O) groups excluding carboxylic acids is 2. The van der Waals surface area contributed by atoms with Gasteiger partial charge in [0.15, 0.2) is 17.3 Å². The SMILES string of the molecule is Cc1cccc(C(=O)N2CCN(CC(=O)c3ccc4c(c3)OCO4)CC2)c1. The van der Waals surface area contributed by atoms with Gasteiger partial charge in [-0.1, -0.05) is 17.7 Å². The van der Waals surface area contributed by atoms with Gasteiger partial charge >= 0.3 is 0 Å². The molecule has 0 spiro atoms. The number of Topliss-reactive ketones (excluding diaryl/α,β-unsaturated/α-hetero) is 1. The molecule has 0 saturated carbocycles. The van der Waals surface area contributed by atoms with Gasteiger partial charge in [-0.15, -0.1) is 0 Å². The van der Waals surface area contributed by atoms with Crippen molar-refractivity contribution in [2.75, 3.05) is 39.5 Å². The summed E-state index contributed by atoms with van der Waals surface area (Å²) in [4.78, 5) is 29.1. The van der Waals surface area contributed by atoms with Crippen LogP contribution in [0.5, 0.6) is 11.5 Å². The van der Waals surface area contributed by atoms with Gasteiger partial charge in [0.05, 0.1) is 6.54 Å². The van der Waals surface area contributed by atoms with Crippen molar-refractivity contribution < 1.29 is 19.1 Å². The fraction of sp³-hybridized carbons (Fsp3) is 0.333. The summed E-state index contributed by atoms with van der Waals surface area (Å²) in [7, 11) is 0. The summed E-state index contributed by atoms with van der Waals surface area (Å²) >= 11 is 0. The number of ether oxygens (including phenoxy) is 2. The highest BCUT2D eigenvalue weighted by Gasteiger charge is 2.24. The molecule has 0 aliphatic carbocycles. The highest BCUT2D eigenvalue weighted by atomic mass is 16.7. The molecule has 2 aliphatic heterocycles. The Morgan fingerprint density at radius 2 is 1.70 bits per heavy atom. The summed E-state index contributed by atoms with van der Waals surface area (Å²) in [6, 6.07) is 12.9. The molecule has 1 fully saturated rings. The second-order valence-electron chi connectivity index (χ2n) is 6.93. The second kappa shape index (κ2) is 7.40. The minimum Gasteiger partial charge on any atom is -0.454 e. The Bertz CT molecular complexity index is 872. The molecule has 27 heavy (non-hydrogen) atoms. The normalized spacial score (nSPS) is 16.4. The van der Waals surface area contributed by atoms with Crippen molar-refractivity contribution in [2.45, 2.75) is 6.92 Å². The standard InChI is InChI=1S/C21H22N2O4/c1-15-3-2-4-17(11-15)21(25)23-9-7-22(8-10-23)13-18(24)16-5-6-19-20(12-16)27-14-26-19/h2-6,11-12H,7-10,13-14H2,1H3. The largest absolute Gasteiger partial charge is 0.454 e. The van der Waals surface area contributed by atoms with E-state index in [1.807, 2.05) is 36.1 Å². The summed E-state index contributed by atoms with van der Waals surface area (Å²) in [5, 5.41) is 0. The average Bonchev–Trinajstić information content (AvgIpc) is 3.16. The van der Waals surface area contributed by atoms with Crippen LogP contribution in [0.1, 0.15) is 26.3 Å². The lowest BCUT2D eigenvalue weighted by molar-refractivity contribution is 0.0624. The van der Waals surface area contributed by atoms with Gasteiger partial charge in [0.1, 0.15) is 0 Å². The van der Waals surface area contributed by atoms with Crippen LogP contribution in [0.25, 0.3) is 0 Å². The van der Waals surface area contributed by atoms with E-state index in [0.29, 0.717) is 49.8 Å². The topological polar surface area (TPSA) is 59.1 Å². The van der Waals surface area contributed by atoms with Gasteiger partial charge in [-0.25, -0.2) is 0 Å². The first-order valence-electron chi connectivity index (χ1n) is 9.11. The number of amides is 1. The molecule has 0 N–H and O–H groups in total. The molecule has 0 bridgehead atoms. The third-order valence-electron chi connectivity index (χ3n) is 4.99. The zero-order valence-electron chi connectivity index (χ0n) is 15.3. The average molecular weight is 366 g/mol. The maximum atomic E-state index is 12.6. The quantitative estimate of drug-likeness (QED) is 0.778. The molecule has 2 aliphatic rings. The first-order chi connectivity index (χ1) is 13.1. The smallest absolute Gasteiger partial charge is 0.253 e. The Hall–Kier alpha value is -2.86. The molecule has 140 valence electrons. The van der Waals surface area contributed by atoms with Crippen molar-refractivity contribution in [3.63, 3.8) is 0 Å². The van der Waals surface area contributed by atoms with Gasteiger partial charge in [0.2, 0.25) is 6.79 Å². The molecule has 1 saturated heterocycles. The molecule has 6 nitrogen and oxygen atoms in total. The van der Waals surface area contributed by atoms with Crippen molar-refractivity contribution in [3.8, 4) is 11.5 Å². The Kier molecular flexibility index (Phi) is 4.81. The second-order valence-corrected chi connectivity index (χ2v) is 6.93. The molecular formula is C21H22N2O4. The van der Waals surface area contributed by atoms with E-state index in [1.165, 1.54) is 0 Å². The molecule has 0 atom stereocenters. The van der Waals surface area contributed by atoms with Crippen LogP contribution >= 0.6 is 0 Å². The molecule has 0 aromatic heterocycles. The first kappa shape index (κ1) is 17.5. The number of piperazine rings is 1. The summed E-state index contributed by atoms with van der Waals surface area (Å²) in [6.45, 7) is 5.15. The minimum absolute atomic E-state index is 0.0479. The lowest BCUT2D eigenvalue weighted by Crippen LogP contribution is -2.49. The number of fused-ring (bicyclic) bond motifs is 1. The molecule has 2 aromatic rings. The number of hydrogen-bond acceptors (Lipinski definition) is 5. The highest BCUT2D eigenvalue weighted by Crippen LogP contribution is 2.32. The number of ketones is 1. The van der Waals surface area contributed by atoms with Gasteiger partial charge in [0, 0.05) is 37.3 Å². The number of aryl methyl sites for hydroxylation is 1. The minimum atomic E-state index is 0.0479. The molecule has 0 unspecified atom stereocenters. The van der Waals surface area contributed by atoms with Crippen LogP contribution in [-0.2, 0) is 0 Å². The Labute approximate surface area is 158 Å². The summed E-state index contributed by atoms with van der Waals surface area (Å²) in [6.07, 6.45) is 0. The zero-order chi connectivity index (χ0) is 18.8. The van der Waals surface area contributed by atoms with Crippen LogP contribution in [0.2, 0.25) is 0 Å². The van der Waals surface area contributed by atoms with E-state index in [9.17, 15) is 9.59 Å². The number of nitrogens with zero attached hydrogens (tertiary/aromatic N) is 2. The molecule has 6 heteroatoms. The van der Waals surface area contributed by atoms with Crippen molar-refractivity contribution in [3.05, 3.63) is 59.2 Å². The van der Waals surface area contributed by atoms with E-state index in [2.05, 4.69) is 4.90 Å². The zero-order valence-corrected chi connectivity index (χ0v) is 15.3. The van der Waals surface area contributed by atoms with Crippen LogP contribution in [0.3, 0.4) is 0 Å². The molecule has 4 rings (SSSR count). The van der Waals surface area contributed by atoms with Crippen molar-refractivity contribution in [1.82, 2.24) is 9.80 Å². The predicted molar refractivity (Wildman–Crippen MR) is 100 cm³/mol. The summed E-state index contributed by atoms with van der Waals surface area (Å²) < 4.78 is 10.6. The molecule has 0 radical (unpaired) electrons. The third-order valence-corrected chi connectivity index (χ3v) is 4.99. The van der Waals surface area contributed by atoms with Crippen LogP contribution in [0.15, 0.2) is 42.5 Å². The maximum Gasteiger partial charge on any atom is 0.253 e. The van der Waals surface area contributed by atoms with E-state index >= 15 is 0 Å². The third kappa shape index (κ3) is 3.80. The molecule has 2 aromatic carbocycles. The maximum absolute atomic E-state index is 12.6. The predicted octanol–water partition coefficient (Wildman–Crippen LogP) is 2.36. The van der Waals surface area contributed by atoms with Gasteiger partial charge in [-0.3, -0.25) is 14.5 Å². The van der Waals surface area contributed by atoms with E-state index in [0.717, 1.165) is 11.1 Å². The van der Waals surface area contributed by atoms with Gasteiger partial charge in [-0.2, -0.15) is 0 Å². The van der Waals surface area contributed by atoms with Crippen LogP contribution in [-0.4, -0.2) is 61.0 Å². The van der Waals surface area contributed by atoms with Gasteiger partial charge in [0.25, 0.3) is 5.91 Å². The summed E-state index contributed by atoms with van der Waals surface area (Å²) in [5.74, 6) is 1.40. The lowest BCUT2D eigenvalue weighted by Gasteiger charge is -2.34. The van der Waals surface area contributed by atoms with Crippen LogP contribution in [0, 0.1) is 6.92 Å². The van der Waals surface area contributed by atoms with Crippen molar-refractivity contribution in [2.24, 2.45) is 0 Å². The number of carbonyl (C=O) groups is 2. The van der Waals surface area contributed by atoms with E-state index in [1.54, 1.807) is 18.2 Å². The highest BCUT2D eigenvalue weighted by molar-refractivity contribution is 5.98. The Morgan fingerprint density at radius 3 is 2.48 bits per heavy atom. The summed E-state index contributed by atoms with van der Waals surface area (Å²) in [5.41, 5.74) is 2.42. The Balaban J connectivity index is 1.33. The van der Waals surface area contributed by atoms with Crippen molar-refractivity contribution in [1.29, 1.82) is 0 Å².